The van der Waals surface area contributed by atoms with Crippen LogP contribution in [0.25, 0.3) is 0 Å². The molecular weight excluding hydrogens is 288 g/mol. The van der Waals surface area contributed by atoms with E-state index >= 15 is 0 Å². The first kappa shape index (κ1) is 16.9. The topological polar surface area (TPSA) is 57.5 Å². The third-order valence-electron chi connectivity index (χ3n) is 7.03. The van der Waals surface area contributed by atoms with Gasteiger partial charge in [0.1, 0.15) is 6.29 Å². The van der Waals surface area contributed by atoms with E-state index in [4.69, 9.17) is 0 Å². The van der Waals surface area contributed by atoms with Crippen molar-refractivity contribution in [2.24, 2.45) is 22.7 Å². The molecule has 0 unspecified atom stereocenters. The Bertz CT molecular complexity index is 561. The summed E-state index contributed by atoms with van der Waals surface area (Å²) >= 11 is 0. The molecule has 0 radical (unpaired) electrons. The van der Waals surface area contributed by atoms with Crippen molar-refractivity contribution in [2.45, 2.75) is 65.4 Å². The van der Waals surface area contributed by atoms with Gasteiger partial charge in [-0.15, -0.1) is 0 Å². The van der Waals surface area contributed by atoms with E-state index in [-0.39, 0.29) is 23.4 Å². The van der Waals surface area contributed by atoms with Crippen LogP contribution in [0.4, 0.5) is 0 Å². The molecule has 0 aromatic rings. The summed E-state index contributed by atoms with van der Waals surface area (Å²) in [5.74, 6) is 0.518. The highest BCUT2D eigenvalue weighted by atomic mass is 16.3. The SMILES string of the molecule is C[C@H](CO)C1=C2[C@H]3C[C@H](O)C(C=O)=CC[C@]3(C)CC[C@@]2(C)CC1. The molecule has 0 amide bonds. The number of aldehydes is 1. The number of hydrogen-bond donors (Lipinski definition) is 2. The van der Waals surface area contributed by atoms with Gasteiger partial charge in [-0.2, -0.15) is 0 Å². The summed E-state index contributed by atoms with van der Waals surface area (Å²) < 4.78 is 0. The van der Waals surface area contributed by atoms with Crippen molar-refractivity contribution in [1.82, 2.24) is 0 Å². The van der Waals surface area contributed by atoms with Crippen LogP contribution in [0.5, 0.6) is 0 Å². The number of carbonyl (C=O) groups is 1. The lowest BCUT2D eigenvalue weighted by atomic mass is 9.55. The number of hydrogen-bond acceptors (Lipinski definition) is 3. The Hall–Kier alpha value is -0.930. The average molecular weight is 318 g/mol. The van der Waals surface area contributed by atoms with E-state index in [0.29, 0.717) is 17.9 Å². The average Bonchev–Trinajstić information content (AvgIpc) is 2.82. The normalized spacial score (nSPS) is 41.7. The third kappa shape index (κ3) is 2.62. The summed E-state index contributed by atoms with van der Waals surface area (Å²) in [5.41, 5.74) is 3.82. The van der Waals surface area contributed by atoms with Crippen molar-refractivity contribution in [3.8, 4) is 0 Å². The van der Waals surface area contributed by atoms with Gasteiger partial charge in [0.2, 0.25) is 0 Å². The molecule has 0 aromatic carbocycles. The fourth-order valence-corrected chi connectivity index (χ4v) is 5.30. The highest BCUT2D eigenvalue weighted by Gasteiger charge is 2.52. The van der Waals surface area contributed by atoms with Crippen LogP contribution >= 0.6 is 0 Å². The van der Waals surface area contributed by atoms with Gasteiger partial charge in [-0.3, -0.25) is 4.79 Å². The maximum absolute atomic E-state index is 11.3. The number of aliphatic hydroxyl groups is 2. The monoisotopic (exact) mass is 318 g/mol. The van der Waals surface area contributed by atoms with E-state index in [1.54, 1.807) is 0 Å². The lowest BCUT2D eigenvalue weighted by Crippen LogP contribution is -2.41. The van der Waals surface area contributed by atoms with E-state index in [2.05, 4.69) is 20.8 Å². The number of carbonyl (C=O) groups excluding carboxylic acids is 1. The molecule has 0 aromatic heterocycles. The largest absolute Gasteiger partial charge is 0.396 e. The van der Waals surface area contributed by atoms with Crippen molar-refractivity contribution in [2.75, 3.05) is 6.61 Å². The minimum absolute atomic E-state index is 0.116. The van der Waals surface area contributed by atoms with Crippen molar-refractivity contribution < 1.29 is 15.0 Å². The second-order valence-electron chi connectivity index (χ2n) is 8.57. The van der Waals surface area contributed by atoms with Gasteiger partial charge in [0, 0.05) is 18.1 Å². The zero-order valence-electron chi connectivity index (χ0n) is 14.6. The molecule has 3 nitrogen and oxygen atoms in total. The molecule has 128 valence electrons. The Morgan fingerprint density at radius 1 is 1.35 bits per heavy atom. The Kier molecular flexibility index (Phi) is 4.31. The van der Waals surface area contributed by atoms with Crippen LogP contribution in [0.1, 0.15) is 59.3 Å². The quantitative estimate of drug-likeness (QED) is 0.619. The summed E-state index contributed by atoms with van der Waals surface area (Å²) in [6, 6.07) is 0. The second-order valence-corrected chi connectivity index (χ2v) is 8.57. The number of aliphatic hydroxyl groups excluding tert-OH is 2. The molecule has 5 atom stereocenters. The van der Waals surface area contributed by atoms with Crippen LogP contribution < -0.4 is 0 Å². The highest BCUT2D eigenvalue weighted by molar-refractivity contribution is 5.74. The molecular formula is C20H30O3. The van der Waals surface area contributed by atoms with Crippen LogP contribution in [0.15, 0.2) is 22.8 Å². The molecule has 0 heterocycles. The van der Waals surface area contributed by atoms with Gasteiger partial charge >= 0.3 is 0 Å². The Labute approximate surface area is 139 Å². The van der Waals surface area contributed by atoms with Crippen molar-refractivity contribution in [1.29, 1.82) is 0 Å². The molecule has 0 spiro atoms. The van der Waals surface area contributed by atoms with E-state index in [1.807, 2.05) is 6.08 Å². The van der Waals surface area contributed by atoms with Crippen molar-refractivity contribution in [3.63, 3.8) is 0 Å². The molecule has 1 fully saturated rings. The number of fused-ring (bicyclic) bond motifs is 3. The Morgan fingerprint density at radius 2 is 2.09 bits per heavy atom. The summed E-state index contributed by atoms with van der Waals surface area (Å²) in [5, 5.41) is 20.2. The molecule has 3 aliphatic rings. The van der Waals surface area contributed by atoms with Gasteiger partial charge in [0.25, 0.3) is 0 Å². The fourth-order valence-electron chi connectivity index (χ4n) is 5.30. The standard InChI is InChI=1S/C20H30O3/c1-13(11-21)15-5-7-20(3)9-8-19(2)6-4-14(12-22)17(23)10-16(19)18(15)20/h4,12-13,16-17,21,23H,5-11H2,1-3H3/t13-,16-,17+,19-,20-/m1/s1. The highest BCUT2D eigenvalue weighted by Crippen LogP contribution is 2.62. The lowest BCUT2D eigenvalue weighted by molar-refractivity contribution is -0.105. The molecule has 3 heteroatoms. The molecule has 3 rings (SSSR count). The van der Waals surface area contributed by atoms with Crippen LogP contribution in [-0.2, 0) is 4.79 Å². The molecule has 0 bridgehead atoms. The maximum atomic E-state index is 11.3. The summed E-state index contributed by atoms with van der Waals surface area (Å²) in [4.78, 5) is 11.3. The maximum Gasteiger partial charge on any atom is 0.148 e. The van der Waals surface area contributed by atoms with Crippen LogP contribution in [0.3, 0.4) is 0 Å². The molecule has 3 aliphatic carbocycles. The van der Waals surface area contributed by atoms with E-state index < -0.39 is 6.10 Å². The second kappa shape index (κ2) is 5.86. The van der Waals surface area contributed by atoms with Crippen LogP contribution in [-0.4, -0.2) is 29.2 Å². The summed E-state index contributed by atoms with van der Waals surface area (Å²) in [6.07, 6.45) is 8.21. The fraction of sp³-hybridized carbons (Fsp3) is 0.750. The van der Waals surface area contributed by atoms with E-state index in [9.17, 15) is 15.0 Å². The molecule has 23 heavy (non-hydrogen) atoms. The van der Waals surface area contributed by atoms with Crippen molar-refractivity contribution >= 4 is 6.29 Å². The first-order valence-corrected chi connectivity index (χ1v) is 9.02. The predicted octanol–water partition coefficient (Wildman–Crippen LogP) is 3.41. The first-order valence-electron chi connectivity index (χ1n) is 9.02. The third-order valence-corrected chi connectivity index (χ3v) is 7.03. The molecule has 0 saturated heterocycles. The Morgan fingerprint density at radius 3 is 2.74 bits per heavy atom. The van der Waals surface area contributed by atoms with Gasteiger partial charge in [0.05, 0.1) is 6.10 Å². The first-order chi connectivity index (χ1) is 10.8. The van der Waals surface area contributed by atoms with E-state index in [0.717, 1.165) is 25.5 Å². The minimum Gasteiger partial charge on any atom is -0.396 e. The van der Waals surface area contributed by atoms with Gasteiger partial charge in [-0.1, -0.05) is 38.0 Å². The van der Waals surface area contributed by atoms with Gasteiger partial charge in [-0.25, -0.2) is 0 Å². The minimum atomic E-state index is -0.652. The lowest BCUT2D eigenvalue weighted by Gasteiger charge is -2.50. The Balaban J connectivity index is 2.07. The summed E-state index contributed by atoms with van der Waals surface area (Å²) in [6.45, 7) is 6.99. The molecule has 0 aliphatic heterocycles. The van der Waals surface area contributed by atoms with Gasteiger partial charge in [-0.05, 0) is 55.3 Å². The van der Waals surface area contributed by atoms with Crippen molar-refractivity contribution in [3.05, 3.63) is 22.8 Å². The van der Waals surface area contributed by atoms with Gasteiger partial charge < -0.3 is 10.2 Å². The van der Waals surface area contributed by atoms with E-state index in [1.165, 1.54) is 24.0 Å². The van der Waals surface area contributed by atoms with Crippen LogP contribution in [0.2, 0.25) is 0 Å². The summed E-state index contributed by atoms with van der Waals surface area (Å²) in [7, 11) is 0. The number of allylic oxidation sites excluding steroid dienone is 2. The molecule has 1 saturated carbocycles. The smallest absolute Gasteiger partial charge is 0.148 e. The van der Waals surface area contributed by atoms with Crippen LogP contribution in [0, 0.1) is 22.7 Å². The zero-order valence-corrected chi connectivity index (χ0v) is 14.6. The predicted molar refractivity (Wildman–Crippen MR) is 90.8 cm³/mol. The zero-order chi connectivity index (χ0) is 16.8. The van der Waals surface area contributed by atoms with Gasteiger partial charge in [0.15, 0.2) is 0 Å². The molecule has 2 N–H and O–H groups in total. The number of rotatable bonds is 3.